The average molecular weight is 239 g/mol. The van der Waals surface area contributed by atoms with Crippen LogP contribution >= 0.6 is 0 Å². The normalized spacial score (nSPS) is 11.1. The third kappa shape index (κ3) is 3.23. The monoisotopic (exact) mass is 239 g/mol. The molecule has 18 heavy (non-hydrogen) atoms. The first-order valence-corrected chi connectivity index (χ1v) is 5.58. The zero-order chi connectivity index (χ0) is 12.8. The molecule has 2 rings (SSSR count). The molecule has 0 aliphatic heterocycles. The highest BCUT2D eigenvalue weighted by Gasteiger charge is 1.97. The van der Waals surface area contributed by atoms with Crippen LogP contribution in [-0.4, -0.2) is 9.78 Å². The van der Waals surface area contributed by atoms with Crippen molar-refractivity contribution in [3.63, 3.8) is 0 Å². The quantitative estimate of drug-likeness (QED) is 0.456. The van der Waals surface area contributed by atoms with Gasteiger partial charge in [0.1, 0.15) is 0 Å². The van der Waals surface area contributed by atoms with Crippen molar-refractivity contribution in [2.24, 2.45) is 5.11 Å². The van der Waals surface area contributed by atoms with Gasteiger partial charge in [0, 0.05) is 22.4 Å². The van der Waals surface area contributed by atoms with Gasteiger partial charge in [-0.05, 0) is 24.1 Å². The van der Waals surface area contributed by atoms with Crippen molar-refractivity contribution in [3.8, 4) is 0 Å². The van der Waals surface area contributed by atoms with Gasteiger partial charge in [0.2, 0.25) is 0 Å². The first-order chi connectivity index (χ1) is 8.78. The zero-order valence-corrected chi connectivity index (χ0v) is 10.1. The Balaban J connectivity index is 2.11. The van der Waals surface area contributed by atoms with Crippen LogP contribution in [0.4, 0.5) is 0 Å². The van der Waals surface area contributed by atoms with Crippen molar-refractivity contribution in [3.05, 3.63) is 70.0 Å². The van der Waals surface area contributed by atoms with E-state index in [2.05, 4.69) is 27.3 Å². The Kier molecular flexibility index (Phi) is 3.79. The molecule has 90 valence electrons. The summed E-state index contributed by atoms with van der Waals surface area (Å²) in [7, 11) is 0. The van der Waals surface area contributed by atoms with E-state index in [1.54, 1.807) is 19.2 Å². The van der Waals surface area contributed by atoms with Crippen LogP contribution in [0.5, 0.6) is 0 Å². The maximum absolute atomic E-state index is 8.31. The number of nitrogens with zero attached hydrogens (tertiary/aromatic N) is 5. The number of allylic oxidation sites excluding steroid dienone is 1. The van der Waals surface area contributed by atoms with Gasteiger partial charge in [-0.1, -0.05) is 35.4 Å². The summed E-state index contributed by atoms with van der Waals surface area (Å²) in [5.74, 6) is 0. The molecule has 0 amide bonds. The second-order valence-electron chi connectivity index (χ2n) is 3.93. The summed E-state index contributed by atoms with van der Waals surface area (Å²) in [6.07, 6.45) is 5.47. The Morgan fingerprint density at radius 1 is 1.44 bits per heavy atom. The summed E-state index contributed by atoms with van der Waals surface area (Å²) in [6, 6.07) is 10.1. The highest BCUT2D eigenvalue weighted by Crippen LogP contribution is 2.08. The highest BCUT2D eigenvalue weighted by atomic mass is 15.3. The molecule has 0 saturated carbocycles. The van der Waals surface area contributed by atoms with Gasteiger partial charge in [0.25, 0.3) is 0 Å². The Morgan fingerprint density at radius 2 is 2.22 bits per heavy atom. The van der Waals surface area contributed by atoms with Gasteiger partial charge < -0.3 is 0 Å². The molecule has 2 aromatic rings. The van der Waals surface area contributed by atoms with Gasteiger partial charge in [-0.3, -0.25) is 4.68 Å². The van der Waals surface area contributed by atoms with E-state index in [4.69, 9.17) is 5.53 Å². The second kappa shape index (κ2) is 5.70. The number of aromatic nitrogens is 2. The predicted octanol–water partition coefficient (Wildman–Crippen LogP) is 3.60. The summed E-state index contributed by atoms with van der Waals surface area (Å²) in [5, 5.41) is 7.78. The Bertz CT molecular complexity index is 591. The van der Waals surface area contributed by atoms with Crippen LogP contribution in [-0.2, 0) is 6.54 Å². The van der Waals surface area contributed by atoms with Gasteiger partial charge in [0.05, 0.1) is 12.7 Å². The second-order valence-corrected chi connectivity index (χ2v) is 3.93. The molecule has 0 aliphatic carbocycles. The summed E-state index contributed by atoms with van der Waals surface area (Å²) in [5.41, 5.74) is 11.1. The molecule has 0 atom stereocenters. The largest absolute Gasteiger partial charge is 0.268 e. The number of azide groups is 1. The van der Waals surface area contributed by atoms with E-state index >= 15 is 0 Å². The molecule has 0 bridgehead atoms. The fraction of sp³-hybridized carbons (Fsp3) is 0.154. The van der Waals surface area contributed by atoms with Crippen molar-refractivity contribution in [2.75, 3.05) is 0 Å². The predicted molar refractivity (Wildman–Crippen MR) is 70.6 cm³/mol. The van der Waals surface area contributed by atoms with Crippen LogP contribution in [0.1, 0.15) is 18.1 Å². The molecule has 0 N–H and O–H groups in total. The lowest BCUT2D eigenvalue weighted by Gasteiger charge is -2.00. The first kappa shape index (κ1) is 12.0. The summed E-state index contributed by atoms with van der Waals surface area (Å²) >= 11 is 0. The van der Waals surface area contributed by atoms with E-state index in [0.717, 1.165) is 12.1 Å². The Morgan fingerprint density at radius 3 is 2.94 bits per heavy atom. The van der Waals surface area contributed by atoms with Crippen molar-refractivity contribution >= 4 is 6.08 Å². The van der Waals surface area contributed by atoms with Crippen LogP contribution in [0.15, 0.2) is 53.5 Å². The standard InChI is InChI=1S/C13H13N5/c1-11(16-17-14)7-13-8-15-18(10-13)9-12-5-3-2-4-6-12/h2-8,10H,9H2,1H3/b11-7-. The maximum atomic E-state index is 8.31. The van der Waals surface area contributed by atoms with Gasteiger partial charge in [-0.15, -0.1) is 0 Å². The number of rotatable bonds is 4. The van der Waals surface area contributed by atoms with Crippen LogP contribution < -0.4 is 0 Å². The van der Waals surface area contributed by atoms with E-state index in [1.165, 1.54) is 5.56 Å². The lowest BCUT2D eigenvalue weighted by molar-refractivity contribution is 0.687. The topological polar surface area (TPSA) is 66.6 Å². The lowest BCUT2D eigenvalue weighted by Crippen LogP contribution is -1.99. The minimum Gasteiger partial charge on any atom is -0.268 e. The molecule has 1 aromatic carbocycles. The minimum absolute atomic E-state index is 0.622. The molecule has 0 spiro atoms. The smallest absolute Gasteiger partial charge is 0.0659 e. The zero-order valence-electron chi connectivity index (χ0n) is 10.1. The molecule has 0 aliphatic rings. The number of hydrogen-bond donors (Lipinski definition) is 0. The van der Waals surface area contributed by atoms with Crippen LogP contribution in [0.2, 0.25) is 0 Å². The average Bonchev–Trinajstić information content (AvgIpc) is 2.78. The Labute approximate surface area is 105 Å². The Hall–Kier alpha value is -2.52. The molecule has 0 unspecified atom stereocenters. The fourth-order valence-corrected chi connectivity index (χ4v) is 1.65. The van der Waals surface area contributed by atoms with Crippen LogP contribution in [0, 0.1) is 0 Å². The van der Waals surface area contributed by atoms with Gasteiger partial charge in [0.15, 0.2) is 0 Å². The third-order valence-corrected chi connectivity index (χ3v) is 2.42. The van der Waals surface area contributed by atoms with Crippen molar-refractivity contribution in [2.45, 2.75) is 13.5 Å². The van der Waals surface area contributed by atoms with Gasteiger partial charge in [-0.2, -0.15) is 5.10 Å². The molecule has 5 nitrogen and oxygen atoms in total. The van der Waals surface area contributed by atoms with E-state index in [9.17, 15) is 0 Å². The molecule has 0 radical (unpaired) electrons. The molecule has 1 heterocycles. The van der Waals surface area contributed by atoms with Crippen LogP contribution in [0.3, 0.4) is 0 Å². The summed E-state index contributed by atoms with van der Waals surface area (Å²) < 4.78 is 1.85. The van der Waals surface area contributed by atoms with Gasteiger partial charge >= 0.3 is 0 Å². The highest BCUT2D eigenvalue weighted by molar-refractivity contribution is 5.49. The van der Waals surface area contributed by atoms with Crippen LogP contribution in [0.25, 0.3) is 16.5 Å². The number of hydrogen-bond acceptors (Lipinski definition) is 2. The molecular weight excluding hydrogens is 226 g/mol. The van der Waals surface area contributed by atoms with Gasteiger partial charge in [-0.25, -0.2) is 0 Å². The van der Waals surface area contributed by atoms with Crippen molar-refractivity contribution in [1.82, 2.24) is 9.78 Å². The summed E-state index contributed by atoms with van der Waals surface area (Å²) in [4.78, 5) is 2.74. The van der Waals surface area contributed by atoms with E-state index in [0.29, 0.717) is 5.70 Å². The molecule has 0 fully saturated rings. The van der Waals surface area contributed by atoms with E-state index in [1.807, 2.05) is 29.1 Å². The maximum Gasteiger partial charge on any atom is 0.0659 e. The first-order valence-electron chi connectivity index (χ1n) is 5.58. The molecular formula is C13H13N5. The van der Waals surface area contributed by atoms with Crippen molar-refractivity contribution < 1.29 is 0 Å². The fourth-order valence-electron chi connectivity index (χ4n) is 1.65. The van der Waals surface area contributed by atoms with E-state index < -0.39 is 0 Å². The summed E-state index contributed by atoms with van der Waals surface area (Å²) in [6.45, 7) is 2.49. The number of benzene rings is 1. The SMILES string of the molecule is C/C(=C/c1cnn(Cc2ccccc2)c1)N=[N+]=[N-]. The third-order valence-electron chi connectivity index (χ3n) is 2.42. The minimum atomic E-state index is 0.622. The lowest BCUT2D eigenvalue weighted by atomic mass is 10.2. The molecule has 1 aromatic heterocycles. The molecule has 5 heteroatoms. The molecule has 0 saturated heterocycles. The van der Waals surface area contributed by atoms with E-state index in [-0.39, 0.29) is 0 Å². The van der Waals surface area contributed by atoms with Crippen molar-refractivity contribution in [1.29, 1.82) is 0 Å².